The van der Waals surface area contributed by atoms with Gasteiger partial charge in [0.1, 0.15) is 0 Å². The molecule has 0 aliphatic heterocycles. The number of carbonyl (C=O) groups is 2. The number of aromatic nitrogens is 1. The predicted molar refractivity (Wildman–Crippen MR) is 114 cm³/mol. The number of nitrogens with one attached hydrogen (secondary N) is 2. The second-order valence-corrected chi connectivity index (χ2v) is 6.36. The van der Waals surface area contributed by atoms with Gasteiger partial charge in [-0.25, -0.2) is 5.43 Å². The number of hydrogen-bond acceptors (Lipinski definition) is 6. The maximum absolute atomic E-state index is 12.3. The predicted octanol–water partition coefficient (Wildman–Crippen LogP) is 2.52. The van der Waals surface area contributed by atoms with E-state index < -0.39 is 11.8 Å². The summed E-state index contributed by atoms with van der Waals surface area (Å²) in [6, 6.07) is 14.3. The topological polar surface area (TPSA) is 102 Å². The van der Waals surface area contributed by atoms with Crippen molar-refractivity contribution in [1.82, 2.24) is 15.7 Å². The summed E-state index contributed by atoms with van der Waals surface area (Å²) in [5.74, 6) is 0.0908. The summed E-state index contributed by atoms with van der Waals surface area (Å²) in [4.78, 5) is 28.7. The first-order chi connectivity index (χ1) is 14.5. The Balaban J connectivity index is 1.61. The van der Waals surface area contributed by atoms with Gasteiger partial charge in [0.2, 0.25) is 0 Å². The van der Waals surface area contributed by atoms with Crippen LogP contribution < -0.4 is 20.2 Å². The van der Waals surface area contributed by atoms with Gasteiger partial charge in [-0.05, 0) is 37.3 Å². The molecule has 3 aromatic rings. The van der Waals surface area contributed by atoms with E-state index >= 15 is 0 Å². The number of benzene rings is 2. The summed E-state index contributed by atoms with van der Waals surface area (Å²) >= 11 is 0. The Morgan fingerprint density at radius 1 is 1.03 bits per heavy atom. The fraction of sp³-hybridized carbons (Fsp3) is 0.182. The number of pyridine rings is 1. The van der Waals surface area contributed by atoms with E-state index in [1.165, 1.54) is 14.2 Å². The van der Waals surface area contributed by atoms with Crippen molar-refractivity contribution in [1.29, 1.82) is 0 Å². The number of ether oxygens (including phenoxy) is 2. The molecule has 2 aromatic carbocycles. The van der Waals surface area contributed by atoms with E-state index in [1.54, 1.807) is 31.3 Å². The molecule has 0 unspecified atom stereocenters. The Bertz CT molecular complexity index is 1110. The summed E-state index contributed by atoms with van der Waals surface area (Å²) in [6.07, 6.45) is 1.70. The van der Waals surface area contributed by atoms with Gasteiger partial charge in [0.25, 0.3) is 11.8 Å². The molecule has 0 bridgehead atoms. The highest BCUT2D eigenvalue weighted by Gasteiger charge is 2.12. The van der Waals surface area contributed by atoms with Crippen LogP contribution in [0, 0.1) is 0 Å². The molecule has 0 radical (unpaired) electrons. The van der Waals surface area contributed by atoms with Crippen LogP contribution in [0.5, 0.6) is 11.5 Å². The molecule has 0 saturated carbocycles. The molecule has 2 N–H and O–H groups in total. The van der Waals surface area contributed by atoms with Crippen LogP contribution in [0.1, 0.15) is 22.8 Å². The largest absolute Gasteiger partial charge is 0.493 e. The van der Waals surface area contributed by atoms with Crippen LogP contribution in [0.15, 0.2) is 59.8 Å². The van der Waals surface area contributed by atoms with Crippen LogP contribution in [0.4, 0.5) is 0 Å². The number of amides is 2. The average Bonchev–Trinajstić information content (AvgIpc) is 2.79. The number of hydrogen-bond donors (Lipinski definition) is 2. The Morgan fingerprint density at radius 2 is 1.80 bits per heavy atom. The van der Waals surface area contributed by atoms with Crippen LogP contribution in [-0.4, -0.2) is 43.3 Å². The van der Waals surface area contributed by atoms with E-state index in [0.717, 1.165) is 16.5 Å². The molecule has 0 atom stereocenters. The van der Waals surface area contributed by atoms with Crippen molar-refractivity contribution < 1.29 is 19.1 Å². The van der Waals surface area contributed by atoms with Gasteiger partial charge < -0.3 is 14.8 Å². The van der Waals surface area contributed by atoms with Crippen molar-refractivity contribution in [2.24, 2.45) is 5.10 Å². The first-order valence-corrected chi connectivity index (χ1v) is 9.21. The van der Waals surface area contributed by atoms with E-state index in [4.69, 9.17) is 9.47 Å². The number of methoxy groups -OCH3 is 2. The van der Waals surface area contributed by atoms with Gasteiger partial charge in [0, 0.05) is 22.7 Å². The summed E-state index contributed by atoms with van der Waals surface area (Å²) in [6.45, 7) is 1.57. The molecule has 30 heavy (non-hydrogen) atoms. The van der Waals surface area contributed by atoms with Crippen molar-refractivity contribution in [3.8, 4) is 11.5 Å². The Hall–Kier alpha value is -3.94. The molecular weight excluding hydrogens is 384 g/mol. The van der Waals surface area contributed by atoms with Crippen LogP contribution in [0.3, 0.4) is 0 Å². The zero-order valence-electron chi connectivity index (χ0n) is 16.9. The number of para-hydroxylation sites is 1. The molecular formula is C22H22N4O4. The maximum Gasteiger partial charge on any atom is 0.259 e. The molecule has 0 fully saturated rings. The van der Waals surface area contributed by atoms with E-state index in [2.05, 4.69) is 20.8 Å². The van der Waals surface area contributed by atoms with E-state index in [-0.39, 0.29) is 6.54 Å². The third kappa shape index (κ3) is 4.72. The SMILES string of the molecule is COc1ccc(C(=O)NCC(=O)NN=C(C)c2ccnc3ccccc23)cc1OC. The highest BCUT2D eigenvalue weighted by Crippen LogP contribution is 2.27. The van der Waals surface area contributed by atoms with E-state index in [0.29, 0.717) is 22.8 Å². The van der Waals surface area contributed by atoms with Crippen molar-refractivity contribution in [2.45, 2.75) is 6.92 Å². The smallest absolute Gasteiger partial charge is 0.259 e. The van der Waals surface area contributed by atoms with Crippen LogP contribution in [0.2, 0.25) is 0 Å². The molecule has 1 heterocycles. The number of rotatable bonds is 7. The number of hydrazone groups is 1. The summed E-state index contributed by atoms with van der Waals surface area (Å²) in [5, 5.41) is 7.64. The molecule has 8 heteroatoms. The second kappa shape index (κ2) is 9.51. The molecule has 0 spiro atoms. The standard InChI is InChI=1S/C22H22N4O4/c1-14(16-10-11-23-18-7-5-4-6-17(16)18)25-26-21(27)13-24-22(28)15-8-9-19(29-2)20(12-15)30-3/h4-12H,13H2,1-3H3,(H,24,28)(H,26,27). The van der Waals surface area contributed by atoms with Gasteiger partial charge in [0.05, 0.1) is 32.0 Å². The Labute approximate surface area is 173 Å². The third-order valence-corrected chi connectivity index (χ3v) is 4.44. The lowest BCUT2D eigenvalue weighted by atomic mass is 10.1. The summed E-state index contributed by atoms with van der Waals surface area (Å²) in [7, 11) is 3.00. The van der Waals surface area contributed by atoms with Crippen LogP contribution >= 0.6 is 0 Å². The number of nitrogens with zero attached hydrogens (tertiary/aromatic N) is 2. The van der Waals surface area contributed by atoms with Crippen molar-refractivity contribution in [3.63, 3.8) is 0 Å². The first kappa shape index (κ1) is 20.8. The molecule has 2 amide bonds. The lowest BCUT2D eigenvalue weighted by Gasteiger charge is -2.10. The van der Waals surface area contributed by atoms with Crippen LogP contribution in [-0.2, 0) is 4.79 Å². The van der Waals surface area contributed by atoms with Crippen molar-refractivity contribution >= 4 is 28.4 Å². The minimum atomic E-state index is -0.443. The van der Waals surface area contributed by atoms with Gasteiger partial charge >= 0.3 is 0 Å². The third-order valence-electron chi connectivity index (χ3n) is 4.44. The zero-order chi connectivity index (χ0) is 21.5. The number of fused-ring (bicyclic) bond motifs is 1. The maximum atomic E-state index is 12.3. The fourth-order valence-electron chi connectivity index (χ4n) is 2.90. The van der Waals surface area contributed by atoms with E-state index in [9.17, 15) is 9.59 Å². The summed E-state index contributed by atoms with van der Waals surface area (Å²) < 4.78 is 10.3. The molecule has 0 aliphatic rings. The van der Waals surface area contributed by atoms with Crippen LogP contribution in [0.25, 0.3) is 10.9 Å². The van der Waals surface area contributed by atoms with Gasteiger partial charge in [-0.2, -0.15) is 5.10 Å². The lowest BCUT2D eigenvalue weighted by molar-refractivity contribution is -0.120. The van der Waals surface area contributed by atoms with Crippen molar-refractivity contribution in [3.05, 3.63) is 65.9 Å². The van der Waals surface area contributed by atoms with Gasteiger partial charge in [-0.3, -0.25) is 14.6 Å². The average molecular weight is 406 g/mol. The number of carbonyl (C=O) groups excluding carboxylic acids is 2. The monoisotopic (exact) mass is 406 g/mol. The van der Waals surface area contributed by atoms with Gasteiger partial charge in [-0.1, -0.05) is 18.2 Å². The molecule has 1 aromatic heterocycles. The molecule has 0 aliphatic carbocycles. The minimum Gasteiger partial charge on any atom is -0.493 e. The highest BCUT2D eigenvalue weighted by atomic mass is 16.5. The van der Waals surface area contributed by atoms with Gasteiger partial charge in [-0.15, -0.1) is 0 Å². The molecule has 154 valence electrons. The first-order valence-electron chi connectivity index (χ1n) is 9.21. The minimum absolute atomic E-state index is 0.221. The normalized spacial score (nSPS) is 11.1. The van der Waals surface area contributed by atoms with Crippen molar-refractivity contribution in [2.75, 3.05) is 20.8 Å². The summed E-state index contributed by atoms with van der Waals surface area (Å²) in [5.41, 5.74) is 5.16. The zero-order valence-corrected chi connectivity index (χ0v) is 16.9. The Kier molecular flexibility index (Phi) is 6.59. The van der Waals surface area contributed by atoms with Gasteiger partial charge in [0.15, 0.2) is 11.5 Å². The highest BCUT2D eigenvalue weighted by molar-refractivity contribution is 6.09. The second-order valence-electron chi connectivity index (χ2n) is 6.36. The Morgan fingerprint density at radius 3 is 2.57 bits per heavy atom. The lowest BCUT2D eigenvalue weighted by Crippen LogP contribution is -2.35. The molecule has 0 saturated heterocycles. The quantitative estimate of drug-likeness (QED) is 0.464. The van der Waals surface area contributed by atoms with E-state index in [1.807, 2.05) is 30.3 Å². The molecule has 3 rings (SSSR count). The fourth-order valence-corrected chi connectivity index (χ4v) is 2.90. The molecule has 8 nitrogen and oxygen atoms in total.